The maximum atomic E-state index is 3.61. The van der Waals surface area contributed by atoms with E-state index in [9.17, 15) is 0 Å². The van der Waals surface area contributed by atoms with Gasteiger partial charge in [-0.15, -0.1) is 11.3 Å². The summed E-state index contributed by atoms with van der Waals surface area (Å²) in [5.41, 5.74) is 0. The van der Waals surface area contributed by atoms with Crippen LogP contribution in [0.1, 0.15) is 24.1 Å². The standard InChI is InChI=1S/C11H16BrNS/c1-13-10-4-2-3-8(10)7-11-9(12)5-6-14-11/h5-6,8,10,13H,2-4,7H2,1H3. The lowest BCUT2D eigenvalue weighted by Crippen LogP contribution is -2.29. The topological polar surface area (TPSA) is 12.0 Å². The lowest BCUT2D eigenvalue weighted by Gasteiger charge is -2.18. The third-order valence-corrected chi connectivity index (χ3v) is 5.12. The third kappa shape index (κ3) is 2.20. The van der Waals surface area contributed by atoms with Gasteiger partial charge in [0.2, 0.25) is 0 Å². The van der Waals surface area contributed by atoms with E-state index in [0.717, 1.165) is 12.0 Å². The van der Waals surface area contributed by atoms with Gasteiger partial charge in [0, 0.05) is 15.4 Å². The fourth-order valence-electron chi connectivity index (χ4n) is 2.37. The zero-order valence-electron chi connectivity index (χ0n) is 8.42. The number of thiophene rings is 1. The summed E-state index contributed by atoms with van der Waals surface area (Å²) in [4.78, 5) is 1.51. The van der Waals surface area contributed by atoms with Crippen LogP contribution in [-0.2, 0) is 6.42 Å². The highest BCUT2D eigenvalue weighted by molar-refractivity contribution is 9.10. The van der Waals surface area contributed by atoms with Crippen molar-refractivity contribution in [2.45, 2.75) is 31.7 Å². The molecule has 14 heavy (non-hydrogen) atoms. The maximum absolute atomic E-state index is 3.61. The normalized spacial score (nSPS) is 27.0. The molecule has 1 saturated carbocycles. The molecule has 78 valence electrons. The summed E-state index contributed by atoms with van der Waals surface area (Å²) < 4.78 is 1.30. The Bertz CT molecular complexity index is 297. The van der Waals surface area contributed by atoms with E-state index < -0.39 is 0 Å². The number of hydrogen-bond acceptors (Lipinski definition) is 2. The molecule has 1 aromatic rings. The van der Waals surface area contributed by atoms with Gasteiger partial charge in [-0.2, -0.15) is 0 Å². The molecular weight excluding hydrogens is 258 g/mol. The molecule has 3 heteroatoms. The van der Waals surface area contributed by atoms with Crippen LogP contribution in [0.4, 0.5) is 0 Å². The lowest BCUT2D eigenvalue weighted by molar-refractivity contribution is 0.425. The van der Waals surface area contributed by atoms with Gasteiger partial charge in [0.1, 0.15) is 0 Å². The molecule has 1 heterocycles. The largest absolute Gasteiger partial charge is 0.317 e. The lowest BCUT2D eigenvalue weighted by atomic mass is 9.99. The van der Waals surface area contributed by atoms with Crippen LogP contribution >= 0.6 is 27.3 Å². The van der Waals surface area contributed by atoms with Crippen LogP contribution in [0.5, 0.6) is 0 Å². The fourth-order valence-corrected chi connectivity index (χ4v) is 3.98. The average molecular weight is 274 g/mol. The Hall–Kier alpha value is 0.140. The van der Waals surface area contributed by atoms with E-state index >= 15 is 0 Å². The molecule has 2 rings (SSSR count). The molecule has 0 saturated heterocycles. The molecule has 1 N–H and O–H groups in total. The minimum Gasteiger partial charge on any atom is -0.317 e. The average Bonchev–Trinajstić information content (AvgIpc) is 2.77. The monoisotopic (exact) mass is 273 g/mol. The number of hydrogen-bond donors (Lipinski definition) is 1. The first-order valence-electron chi connectivity index (χ1n) is 5.20. The first-order chi connectivity index (χ1) is 6.81. The Kier molecular flexibility index (Phi) is 3.63. The summed E-state index contributed by atoms with van der Waals surface area (Å²) in [5.74, 6) is 0.843. The third-order valence-electron chi connectivity index (χ3n) is 3.17. The van der Waals surface area contributed by atoms with Crippen LogP contribution in [0.15, 0.2) is 15.9 Å². The molecule has 1 aliphatic rings. The zero-order valence-corrected chi connectivity index (χ0v) is 10.8. The summed E-state index contributed by atoms with van der Waals surface area (Å²) >= 11 is 5.48. The molecule has 0 aromatic carbocycles. The highest BCUT2D eigenvalue weighted by Gasteiger charge is 2.26. The van der Waals surface area contributed by atoms with Gasteiger partial charge in [0.25, 0.3) is 0 Å². The van der Waals surface area contributed by atoms with E-state index in [1.54, 1.807) is 0 Å². The first-order valence-corrected chi connectivity index (χ1v) is 6.87. The van der Waals surface area contributed by atoms with E-state index in [2.05, 4.69) is 39.7 Å². The quantitative estimate of drug-likeness (QED) is 0.890. The van der Waals surface area contributed by atoms with Crippen LogP contribution < -0.4 is 5.32 Å². The van der Waals surface area contributed by atoms with Gasteiger partial charge in [-0.1, -0.05) is 6.42 Å². The number of rotatable bonds is 3. The molecule has 1 fully saturated rings. The zero-order chi connectivity index (χ0) is 9.97. The van der Waals surface area contributed by atoms with Crippen molar-refractivity contribution in [1.82, 2.24) is 5.32 Å². The second-order valence-electron chi connectivity index (χ2n) is 3.98. The van der Waals surface area contributed by atoms with E-state index in [4.69, 9.17) is 0 Å². The molecular formula is C11H16BrNS. The van der Waals surface area contributed by atoms with Gasteiger partial charge in [0.05, 0.1) is 0 Å². The van der Waals surface area contributed by atoms with E-state index in [1.165, 1.54) is 35.0 Å². The molecule has 2 unspecified atom stereocenters. The van der Waals surface area contributed by atoms with E-state index in [1.807, 2.05) is 11.3 Å². The van der Waals surface area contributed by atoms with Crippen molar-refractivity contribution >= 4 is 27.3 Å². The molecule has 0 amide bonds. The molecule has 1 aromatic heterocycles. The highest BCUT2D eigenvalue weighted by Crippen LogP contribution is 2.33. The van der Waals surface area contributed by atoms with Crippen molar-refractivity contribution in [3.05, 3.63) is 20.8 Å². The molecule has 2 atom stereocenters. The Morgan fingerprint density at radius 2 is 2.43 bits per heavy atom. The second kappa shape index (κ2) is 4.77. The Morgan fingerprint density at radius 1 is 1.57 bits per heavy atom. The molecule has 0 spiro atoms. The minimum absolute atomic E-state index is 0.740. The summed E-state index contributed by atoms with van der Waals surface area (Å²) in [6.07, 6.45) is 5.36. The van der Waals surface area contributed by atoms with Crippen molar-refractivity contribution in [1.29, 1.82) is 0 Å². The van der Waals surface area contributed by atoms with Crippen molar-refractivity contribution < 1.29 is 0 Å². The summed E-state index contributed by atoms with van der Waals surface area (Å²) in [6.45, 7) is 0. The smallest absolute Gasteiger partial charge is 0.0314 e. The molecule has 1 nitrogen and oxygen atoms in total. The number of halogens is 1. The SMILES string of the molecule is CNC1CCCC1Cc1sccc1Br. The summed E-state index contributed by atoms with van der Waals surface area (Å²) in [6, 6.07) is 2.90. The maximum Gasteiger partial charge on any atom is 0.0314 e. The minimum atomic E-state index is 0.740. The summed E-state index contributed by atoms with van der Waals surface area (Å²) in [7, 11) is 2.09. The molecule has 0 aliphatic heterocycles. The second-order valence-corrected chi connectivity index (χ2v) is 5.84. The number of nitrogens with one attached hydrogen (secondary N) is 1. The van der Waals surface area contributed by atoms with Gasteiger partial charge in [-0.05, 0) is 59.6 Å². The van der Waals surface area contributed by atoms with Crippen LogP contribution in [0.2, 0.25) is 0 Å². The van der Waals surface area contributed by atoms with Crippen LogP contribution in [0.25, 0.3) is 0 Å². The summed E-state index contributed by atoms with van der Waals surface area (Å²) in [5, 5.41) is 5.60. The molecule has 1 aliphatic carbocycles. The highest BCUT2D eigenvalue weighted by atomic mass is 79.9. The first kappa shape index (κ1) is 10.7. The fraction of sp³-hybridized carbons (Fsp3) is 0.636. The predicted molar refractivity (Wildman–Crippen MR) is 65.9 cm³/mol. The van der Waals surface area contributed by atoms with Crippen molar-refractivity contribution in [2.75, 3.05) is 7.05 Å². The van der Waals surface area contributed by atoms with Crippen molar-refractivity contribution in [3.63, 3.8) is 0 Å². The Labute approximate surface area is 98.0 Å². The van der Waals surface area contributed by atoms with Gasteiger partial charge in [0.15, 0.2) is 0 Å². The molecule has 0 bridgehead atoms. The van der Waals surface area contributed by atoms with Gasteiger partial charge >= 0.3 is 0 Å². The van der Waals surface area contributed by atoms with Crippen LogP contribution in [-0.4, -0.2) is 13.1 Å². The predicted octanol–water partition coefficient (Wildman–Crippen LogP) is 3.44. The van der Waals surface area contributed by atoms with Crippen molar-refractivity contribution in [2.24, 2.45) is 5.92 Å². The van der Waals surface area contributed by atoms with Crippen LogP contribution in [0.3, 0.4) is 0 Å². The Balaban J connectivity index is 2.00. The Morgan fingerprint density at radius 3 is 3.07 bits per heavy atom. The van der Waals surface area contributed by atoms with E-state index in [0.29, 0.717) is 0 Å². The van der Waals surface area contributed by atoms with E-state index in [-0.39, 0.29) is 0 Å². The van der Waals surface area contributed by atoms with Gasteiger partial charge < -0.3 is 5.32 Å². The van der Waals surface area contributed by atoms with Crippen molar-refractivity contribution in [3.8, 4) is 0 Å². The molecule has 0 radical (unpaired) electrons. The van der Waals surface area contributed by atoms with Crippen LogP contribution in [0, 0.1) is 5.92 Å². The van der Waals surface area contributed by atoms with Gasteiger partial charge in [-0.25, -0.2) is 0 Å². The van der Waals surface area contributed by atoms with Gasteiger partial charge in [-0.3, -0.25) is 0 Å².